The van der Waals surface area contributed by atoms with Crippen molar-refractivity contribution in [1.82, 2.24) is 9.88 Å². The number of nitrogens with zero attached hydrogens (tertiary/aromatic N) is 2. The third kappa shape index (κ3) is 2.85. The zero-order chi connectivity index (χ0) is 13.1. The molecule has 1 aromatic heterocycles. The van der Waals surface area contributed by atoms with Gasteiger partial charge in [-0.05, 0) is 23.8 Å². The van der Waals surface area contributed by atoms with E-state index in [1.54, 1.807) is 7.11 Å². The fourth-order valence-electron chi connectivity index (χ4n) is 2.39. The van der Waals surface area contributed by atoms with E-state index in [0.29, 0.717) is 5.88 Å². The Hall–Kier alpha value is -1.65. The minimum absolute atomic E-state index is 0.661. The number of morpholine rings is 1. The van der Waals surface area contributed by atoms with Gasteiger partial charge in [0.05, 0.1) is 25.8 Å². The molecule has 100 valence electrons. The molecule has 0 saturated carbocycles. The number of hydrogen-bond acceptors (Lipinski definition) is 4. The van der Waals surface area contributed by atoms with E-state index in [1.165, 1.54) is 5.56 Å². The Morgan fingerprint density at radius 2 is 2.05 bits per heavy atom. The second-order valence-corrected chi connectivity index (χ2v) is 4.77. The van der Waals surface area contributed by atoms with Gasteiger partial charge in [0.25, 0.3) is 0 Å². The summed E-state index contributed by atoms with van der Waals surface area (Å²) in [6.45, 7) is 4.68. The van der Waals surface area contributed by atoms with Gasteiger partial charge < -0.3 is 9.47 Å². The van der Waals surface area contributed by atoms with Gasteiger partial charge in [0, 0.05) is 31.1 Å². The molecule has 0 amide bonds. The lowest BCUT2D eigenvalue weighted by atomic mass is 10.1. The van der Waals surface area contributed by atoms with E-state index in [0.717, 1.165) is 43.8 Å². The van der Waals surface area contributed by atoms with Gasteiger partial charge >= 0.3 is 0 Å². The number of methoxy groups -OCH3 is 1. The molecule has 4 nitrogen and oxygen atoms in total. The Labute approximate surface area is 113 Å². The molecule has 2 heterocycles. The van der Waals surface area contributed by atoms with Crippen LogP contribution in [-0.2, 0) is 11.3 Å². The molecule has 4 heteroatoms. The van der Waals surface area contributed by atoms with Gasteiger partial charge in [-0.1, -0.05) is 6.07 Å². The van der Waals surface area contributed by atoms with Gasteiger partial charge in [0.1, 0.15) is 0 Å². The summed E-state index contributed by atoms with van der Waals surface area (Å²) in [7, 11) is 1.64. The highest BCUT2D eigenvalue weighted by Gasteiger charge is 2.10. The molecule has 19 heavy (non-hydrogen) atoms. The molecule has 1 fully saturated rings. The van der Waals surface area contributed by atoms with Crippen LogP contribution in [0.5, 0.6) is 5.88 Å². The van der Waals surface area contributed by atoms with Crippen molar-refractivity contribution in [3.05, 3.63) is 35.9 Å². The van der Waals surface area contributed by atoms with Gasteiger partial charge in [0.2, 0.25) is 5.88 Å². The maximum Gasteiger partial charge on any atom is 0.213 e. The van der Waals surface area contributed by atoms with Gasteiger partial charge in [-0.15, -0.1) is 0 Å². The first kappa shape index (κ1) is 12.4. The van der Waals surface area contributed by atoms with Crippen LogP contribution in [0.1, 0.15) is 5.56 Å². The highest BCUT2D eigenvalue weighted by atomic mass is 16.5. The molecule has 0 N–H and O–H groups in total. The van der Waals surface area contributed by atoms with Crippen molar-refractivity contribution in [2.24, 2.45) is 0 Å². The summed E-state index contributed by atoms with van der Waals surface area (Å²) < 4.78 is 10.5. The molecule has 0 unspecified atom stereocenters. The van der Waals surface area contributed by atoms with Gasteiger partial charge in [0.15, 0.2) is 0 Å². The van der Waals surface area contributed by atoms with Crippen molar-refractivity contribution in [3.63, 3.8) is 0 Å². The first-order chi connectivity index (χ1) is 9.35. The number of pyridine rings is 1. The zero-order valence-corrected chi connectivity index (χ0v) is 11.1. The van der Waals surface area contributed by atoms with Gasteiger partial charge in [-0.25, -0.2) is 4.98 Å². The number of fused-ring (bicyclic) bond motifs is 1. The predicted octanol–water partition coefficient (Wildman–Crippen LogP) is 2.08. The predicted molar refractivity (Wildman–Crippen MR) is 74.4 cm³/mol. The van der Waals surface area contributed by atoms with Gasteiger partial charge in [-0.3, -0.25) is 4.90 Å². The molecule has 0 spiro atoms. The molecular weight excluding hydrogens is 240 g/mol. The van der Waals surface area contributed by atoms with Crippen molar-refractivity contribution >= 4 is 10.9 Å². The first-order valence-electron chi connectivity index (χ1n) is 6.59. The van der Waals surface area contributed by atoms with E-state index in [1.807, 2.05) is 6.07 Å². The molecule has 1 saturated heterocycles. The molecular formula is C15H18N2O2. The second-order valence-electron chi connectivity index (χ2n) is 4.77. The molecule has 1 aliphatic rings. The minimum atomic E-state index is 0.661. The van der Waals surface area contributed by atoms with E-state index in [2.05, 4.69) is 34.1 Å². The molecule has 0 aliphatic carbocycles. The highest BCUT2D eigenvalue weighted by molar-refractivity contribution is 5.79. The summed E-state index contributed by atoms with van der Waals surface area (Å²) in [6.07, 6.45) is 0. The normalized spacial score (nSPS) is 16.7. The molecule has 1 aliphatic heterocycles. The lowest BCUT2D eigenvalue weighted by Crippen LogP contribution is -2.35. The van der Waals surface area contributed by atoms with Crippen molar-refractivity contribution in [2.75, 3.05) is 33.4 Å². The summed E-state index contributed by atoms with van der Waals surface area (Å²) in [6, 6.07) is 10.4. The maximum atomic E-state index is 5.37. The van der Waals surface area contributed by atoms with Crippen LogP contribution in [0.4, 0.5) is 0 Å². The van der Waals surface area contributed by atoms with Crippen LogP contribution in [0.3, 0.4) is 0 Å². The number of ether oxygens (including phenoxy) is 2. The molecule has 0 atom stereocenters. The highest BCUT2D eigenvalue weighted by Crippen LogP contribution is 2.19. The van der Waals surface area contributed by atoms with Crippen LogP contribution in [0, 0.1) is 0 Å². The summed E-state index contributed by atoms with van der Waals surface area (Å²) in [5.74, 6) is 0.661. The maximum absolute atomic E-state index is 5.37. The van der Waals surface area contributed by atoms with Crippen molar-refractivity contribution in [1.29, 1.82) is 0 Å². The molecule has 2 aromatic rings. The summed E-state index contributed by atoms with van der Waals surface area (Å²) in [4.78, 5) is 6.84. The van der Waals surface area contributed by atoms with Crippen LogP contribution in [-0.4, -0.2) is 43.3 Å². The largest absolute Gasteiger partial charge is 0.481 e. The van der Waals surface area contributed by atoms with E-state index >= 15 is 0 Å². The van der Waals surface area contributed by atoms with E-state index < -0.39 is 0 Å². The quantitative estimate of drug-likeness (QED) is 0.844. The number of benzene rings is 1. The Morgan fingerprint density at radius 1 is 1.21 bits per heavy atom. The lowest BCUT2D eigenvalue weighted by Gasteiger charge is -2.26. The van der Waals surface area contributed by atoms with Gasteiger partial charge in [-0.2, -0.15) is 0 Å². The summed E-state index contributed by atoms with van der Waals surface area (Å²) in [5, 5.41) is 1.16. The van der Waals surface area contributed by atoms with Crippen molar-refractivity contribution in [2.45, 2.75) is 6.54 Å². The van der Waals surface area contributed by atoms with Crippen LogP contribution < -0.4 is 4.74 Å². The van der Waals surface area contributed by atoms with E-state index in [-0.39, 0.29) is 0 Å². The zero-order valence-electron chi connectivity index (χ0n) is 11.1. The number of aromatic nitrogens is 1. The van der Waals surface area contributed by atoms with E-state index in [4.69, 9.17) is 9.47 Å². The Morgan fingerprint density at radius 3 is 2.84 bits per heavy atom. The minimum Gasteiger partial charge on any atom is -0.481 e. The molecule has 0 radical (unpaired) electrons. The fourth-order valence-corrected chi connectivity index (χ4v) is 2.39. The number of hydrogen-bond donors (Lipinski definition) is 0. The molecule has 3 rings (SSSR count). The number of rotatable bonds is 3. The Bertz CT molecular complexity index is 565. The van der Waals surface area contributed by atoms with Crippen LogP contribution in [0.25, 0.3) is 10.9 Å². The van der Waals surface area contributed by atoms with Crippen molar-refractivity contribution < 1.29 is 9.47 Å². The molecule has 0 bridgehead atoms. The van der Waals surface area contributed by atoms with E-state index in [9.17, 15) is 0 Å². The summed E-state index contributed by atoms with van der Waals surface area (Å²) >= 11 is 0. The smallest absolute Gasteiger partial charge is 0.213 e. The monoisotopic (exact) mass is 258 g/mol. The second kappa shape index (κ2) is 5.55. The average Bonchev–Trinajstić information content (AvgIpc) is 2.48. The topological polar surface area (TPSA) is 34.6 Å². The molecule has 1 aromatic carbocycles. The third-order valence-electron chi connectivity index (χ3n) is 3.45. The Kier molecular flexibility index (Phi) is 3.62. The summed E-state index contributed by atoms with van der Waals surface area (Å²) in [5.41, 5.74) is 2.30. The standard InChI is InChI=1S/C15H18N2O2/c1-18-15-5-3-13-10-12(2-4-14(13)16-15)11-17-6-8-19-9-7-17/h2-5,10H,6-9,11H2,1H3. The first-order valence-corrected chi connectivity index (χ1v) is 6.59. The van der Waals surface area contributed by atoms with Crippen LogP contribution >= 0.6 is 0 Å². The lowest BCUT2D eigenvalue weighted by molar-refractivity contribution is 0.0342. The average molecular weight is 258 g/mol. The van der Waals surface area contributed by atoms with Crippen LogP contribution in [0.2, 0.25) is 0 Å². The van der Waals surface area contributed by atoms with Crippen LogP contribution in [0.15, 0.2) is 30.3 Å². The van der Waals surface area contributed by atoms with Crippen molar-refractivity contribution in [3.8, 4) is 5.88 Å². The Balaban J connectivity index is 1.80. The third-order valence-corrected chi connectivity index (χ3v) is 3.45. The SMILES string of the molecule is COc1ccc2cc(CN3CCOCC3)ccc2n1. The fraction of sp³-hybridized carbons (Fsp3) is 0.400.